The highest BCUT2D eigenvalue weighted by Crippen LogP contribution is 2.36. The number of fused-ring (bicyclic) bond motifs is 2. The molecule has 5 rings (SSSR count). The monoisotopic (exact) mass is 376 g/mol. The van der Waals surface area contributed by atoms with Crippen LogP contribution in [0.3, 0.4) is 0 Å². The molecule has 0 bridgehead atoms. The lowest BCUT2D eigenvalue weighted by Gasteiger charge is -2.13. The van der Waals surface area contributed by atoms with Crippen LogP contribution in [0.15, 0.2) is 91.1 Å². The molecule has 138 valence electrons. The number of carboxylic acid groups (broad SMARTS) is 1. The van der Waals surface area contributed by atoms with E-state index in [1.165, 1.54) is 11.6 Å². The maximum Gasteiger partial charge on any atom is 0.356 e. The summed E-state index contributed by atoms with van der Waals surface area (Å²) in [5.41, 5.74) is 5.31. The molecule has 1 N–H and O–H groups in total. The minimum absolute atomic E-state index is 0.0607. The summed E-state index contributed by atoms with van der Waals surface area (Å²) in [5.74, 6) is -1.08. The van der Waals surface area contributed by atoms with Crippen LogP contribution >= 0.6 is 0 Å². The summed E-state index contributed by atoms with van der Waals surface area (Å²) < 4.78 is 0. The largest absolute Gasteiger partial charge is 0.476 e. The smallest absolute Gasteiger partial charge is 0.356 e. The van der Waals surface area contributed by atoms with Gasteiger partial charge in [0.25, 0.3) is 0 Å². The van der Waals surface area contributed by atoms with Crippen molar-refractivity contribution < 1.29 is 9.90 Å². The van der Waals surface area contributed by atoms with Gasteiger partial charge in [0.2, 0.25) is 0 Å². The van der Waals surface area contributed by atoms with Crippen molar-refractivity contribution in [3.8, 4) is 22.3 Å². The molecular weight excluding hydrogens is 360 g/mol. The Labute approximate surface area is 167 Å². The molecule has 1 aromatic heterocycles. The van der Waals surface area contributed by atoms with Crippen molar-refractivity contribution in [2.45, 2.75) is 0 Å². The zero-order valence-corrected chi connectivity index (χ0v) is 15.4. The Morgan fingerprint density at radius 3 is 2.17 bits per heavy atom. The molecule has 0 aliphatic rings. The van der Waals surface area contributed by atoms with Gasteiger partial charge in [0, 0.05) is 0 Å². The van der Waals surface area contributed by atoms with Crippen molar-refractivity contribution in [2.75, 3.05) is 0 Å². The number of rotatable bonds is 3. The molecule has 4 heteroatoms. The van der Waals surface area contributed by atoms with Crippen LogP contribution in [0.2, 0.25) is 0 Å². The number of aromatic carboxylic acids is 1. The Bertz CT molecular complexity index is 1380. The molecule has 0 fully saturated rings. The number of carbonyl (C=O) groups is 1. The summed E-state index contributed by atoms with van der Waals surface area (Å²) in [6.07, 6.45) is 1.30. The van der Waals surface area contributed by atoms with Gasteiger partial charge in [0.05, 0.1) is 17.2 Å². The second-order valence-electron chi connectivity index (χ2n) is 6.87. The molecule has 0 unspecified atom stereocenters. The fourth-order valence-electron chi connectivity index (χ4n) is 3.61. The number of aromatic nitrogens is 2. The van der Waals surface area contributed by atoms with Gasteiger partial charge in [-0.15, -0.1) is 0 Å². The third-order valence-electron chi connectivity index (χ3n) is 5.05. The van der Waals surface area contributed by atoms with Crippen molar-refractivity contribution in [3.63, 3.8) is 0 Å². The minimum Gasteiger partial charge on any atom is -0.476 e. The van der Waals surface area contributed by atoms with Crippen LogP contribution in [-0.2, 0) is 0 Å². The summed E-state index contributed by atoms with van der Waals surface area (Å²) in [6.45, 7) is 0. The summed E-state index contributed by atoms with van der Waals surface area (Å²) in [5, 5.41) is 11.6. The van der Waals surface area contributed by atoms with Crippen molar-refractivity contribution >= 4 is 27.8 Å². The molecule has 29 heavy (non-hydrogen) atoms. The predicted molar refractivity (Wildman–Crippen MR) is 115 cm³/mol. The molecule has 0 radical (unpaired) electrons. The van der Waals surface area contributed by atoms with E-state index in [1.807, 2.05) is 42.5 Å². The summed E-state index contributed by atoms with van der Waals surface area (Å²) >= 11 is 0. The first-order valence-electron chi connectivity index (χ1n) is 9.28. The highest BCUT2D eigenvalue weighted by molar-refractivity contribution is 5.97. The van der Waals surface area contributed by atoms with Crippen LogP contribution < -0.4 is 0 Å². The molecule has 4 nitrogen and oxygen atoms in total. The average molecular weight is 376 g/mol. The lowest BCUT2D eigenvalue weighted by atomic mass is 9.92. The zero-order chi connectivity index (χ0) is 19.8. The lowest BCUT2D eigenvalue weighted by molar-refractivity contribution is 0.0690. The van der Waals surface area contributed by atoms with E-state index in [2.05, 4.69) is 52.4 Å². The number of carboxylic acids is 1. The molecule has 0 saturated carbocycles. The van der Waals surface area contributed by atoms with Gasteiger partial charge >= 0.3 is 5.97 Å². The van der Waals surface area contributed by atoms with Gasteiger partial charge in [-0.1, -0.05) is 66.7 Å². The maximum absolute atomic E-state index is 11.3. The van der Waals surface area contributed by atoms with Crippen LogP contribution in [0, 0.1) is 0 Å². The molecule has 0 saturated heterocycles. The van der Waals surface area contributed by atoms with Gasteiger partial charge in [-0.2, -0.15) is 0 Å². The summed E-state index contributed by atoms with van der Waals surface area (Å²) in [7, 11) is 0. The summed E-state index contributed by atoms with van der Waals surface area (Å²) in [4.78, 5) is 20.0. The molecular formula is C25H16N2O2. The van der Waals surface area contributed by atoms with Gasteiger partial charge in [0.1, 0.15) is 0 Å². The van der Waals surface area contributed by atoms with Crippen LogP contribution in [0.25, 0.3) is 44.1 Å². The maximum atomic E-state index is 11.3. The standard InChI is InChI=1S/C25H16N2O2/c28-25(29)24-15-26-22-13-20(17-7-2-1-3-8-17)21(14-23(22)27-24)19-11-10-16-6-4-5-9-18(16)12-19/h1-15H,(H,28,29). The highest BCUT2D eigenvalue weighted by atomic mass is 16.4. The van der Waals surface area contributed by atoms with Crippen LogP contribution in [0.5, 0.6) is 0 Å². The second-order valence-corrected chi connectivity index (χ2v) is 6.87. The highest BCUT2D eigenvalue weighted by Gasteiger charge is 2.13. The second kappa shape index (κ2) is 6.84. The van der Waals surface area contributed by atoms with Gasteiger partial charge in [-0.3, -0.25) is 4.98 Å². The lowest BCUT2D eigenvalue weighted by Crippen LogP contribution is -2.01. The van der Waals surface area contributed by atoms with E-state index >= 15 is 0 Å². The third-order valence-corrected chi connectivity index (χ3v) is 5.05. The third kappa shape index (κ3) is 3.11. The van der Waals surface area contributed by atoms with Crippen molar-refractivity contribution in [2.24, 2.45) is 0 Å². The van der Waals surface area contributed by atoms with E-state index in [0.717, 1.165) is 27.6 Å². The Morgan fingerprint density at radius 1 is 0.690 bits per heavy atom. The van der Waals surface area contributed by atoms with Gasteiger partial charge < -0.3 is 5.11 Å². The number of hydrogen-bond donors (Lipinski definition) is 1. The molecule has 4 aromatic carbocycles. The zero-order valence-electron chi connectivity index (χ0n) is 15.4. The van der Waals surface area contributed by atoms with Crippen LogP contribution in [-0.4, -0.2) is 21.0 Å². The van der Waals surface area contributed by atoms with Crippen LogP contribution in [0.1, 0.15) is 10.5 Å². The van der Waals surface area contributed by atoms with Gasteiger partial charge in [0.15, 0.2) is 5.69 Å². The van der Waals surface area contributed by atoms with E-state index in [4.69, 9.17) is 0 Å². The van der Waals surface area contributed by atoms with Gasteiger partial charge in [-0.25, -0.2) is 9.78 Å². The molecule has 0 spiro atoms. The van der Waals surface area contributed by atoms with E-state index in [0.29, 0.717) is 11.0 Å². The molecule has 0 aliphatic heterocycles. The molecule has 0 amide bonds. The van der Waals surface area contributed by atoms with E-state index in [-0.39, 0.29) is 5.69 Å². The van der Waals surface area contributed by atoms with E-state index < -0.39 is 5.97 Å². The Balaban J connectivity index is 1.81. The van der Waals surface area contributed by atoms with Crippen LogP contribution in [0.4, 0.5) is 0 Å². The van der Waals surface area contributed by atoms with E-state index in [9.17, 15) is 9.90 Å². The van der Waals surface area contributed by atoms with E-state index in [1.54, 1.807) is 0 Å². The number of nitrogens with zero attached hydrogens (tertiary/aromatic N) is 2. The number of benzene rings is 4. The minimum atomic E-state index is -1.08. The fraction of sp³-hybridized carbons (Fsp3) is 0. The fourth-order valence-corrected chi connectivity index (χ4v) is 3.61. The van der Waals surface area contributed by atoms with Crippen molar-refractivity contribution in [1.82, 2.24) is 9.97 Å². The topological polar surface area (TPSA) is 63.1 Å². The molecule has 0 aliphatic carbocycles. The Morgan fingerprint density at radius 2 is 1.38 bits per heavy atom. The first-order chi connectivity index (χ1) is 14.2. The Kier molecular flexibility index (Phi) is 4.03. The summed E-state index contributed by atoms with van der Waals surface area (Å²) in [6, 6.07) is 28.6. The molecule has 5 aromatic rings. The number of hydrogen-bond acceptors (Lipinski definition) is 3. The molecule has 0 atom stereocenters. The average Bonchev–Trinajstić information content (AvgIpc) is 2.78. The Hall–Kier alpha value is -4.05. The quantitative estimate of drug-likeness (QED) is 0.431. The first kappa shape index (κ1) is 17.1. The normalized spacial score (nSPS) is 11.0. The molecule has 1 heterocycles. The van der Waals surface area contributed by atoms with Crippen molar-refractivity contribution in [3.05, 3.63) is 96.8 Å². The van der Waals surface area contributed by atoms with Gasteiger partial charge in [-0.05, 0) is 51.2 Å². The van der Waals surface area contributed by atoms with Crippen molar-refractivity contribution in [1.29, 1.82) is 0 Å². The predicted octanol–water partition coefficient (Wildman–Crippen LogP) is 5.82. The SMILES string of the molecule is O=C(O)c1cnc2cc(-c3ccccc3)c(-c3ccc4ccccc4c3)cc2n1. The first-order valence-corrected chi connectivity index (χ1v) is 9.28.